The molecular weight excluding hydrogens is 500 g/mol. The van der Waals surface area contributed by atoms with E-state index in [1.165, 1.54) is 58.2 Å². The fourth-order valence-corrected chi connectivity index (χ4v) is 6.24. The van der Waals surface area contributed by atoms with Gasteiger partial charge in [0.1, 0.15) is 12.8 Å². The van der Waals surface area contributed by atoms with Gasteiger partial charge in [0.15, 0.2) is 11.5 Å². The number of carbonyl (C=O) groups excluding carboxylic acids is 1. The van der Waals surface area contributed by atoms with Gasteiger partial charge in [-0.1, -0.05) is 19.1 Å². The van der Waals surface area contributed by atoms with Gasteiger partial charge < -0.3 is 25.3 Å². The van der Waals surface area contributed by atoms with Crippen molar-refractivity contribution in [2.75, 3.05) is 50.8 Å². The molecule has 4 rings (SSSR count). The van der Waals surface area contributed by atoms with Crippen molar-refractivity contribution in [2.24, 2.45) is 23.5 Å². The number of nitrogens with one attached hydrogen (secondary N) is 1. The standard InChI is InChI=1S/C30H47F2N5O2/c1-21-4-3-5-26(18-21)34-20-24-8-14-36(15-9-24)13-7-23-10-16-37(17-11-23)30-35-27(29(33)38)28(39-30)25(6-12-31)19-22(2)32/h3,5-6,21-24,26,34H,4,7-20H2,1-2H3,(H2,33,38)/b25-6+. The van der Waals surface area contributed by atoms with Crippen LogP contribution in [0.1, 0.15) is 81.5 Å². The van der Waals surface area contributed by atoms with E-state index in [1.54, 1.807) is 0 Å². The van der Waals surface area contributed by atoms with Crippen LogP contribution in [0.4, 0.5) is 14.8 Å². The third-order valence-corrected chi connectivity index (χ3v) is 8.64. The van der Waals surface area contributed by atoms with Gasteiger partial charge in [0, 0.05) is 25.6 Å². The Balaban J connectivity index is 1.20. The van der Waals surface area contributed by atoms with Crippen LogP contribution in [0, 0.1) is 17.8 Å². The molecule has 3 unspecified atom stereocenters. The van der Waals surface area contributed by atoms with E-state index in [4.69, 9.17) is 10.2 Å². The lowest BCUT2D eigenvalue weighted by Crippen LogP contribution is -2.41. The molecule has 1 amide bonds. The van der Waals surface area contributed by atoms with E-state index in [0.29, 0.717) is 18.0 Å². The van der Waals surface area contributed by atoms with E-state index in [-0.39, 0.29) is 23.4 Å². The molecule has 2 fully saturated rings. The van der Waals surface area contributed by atoms with Gasteiger partial charge in [-0.3, -0.25) is 4.79 Å². The minimum Gasteiger partial charge on any atom is -0.423 e. The molecule has 7 nitrogen and oxygen atoms in total. The summed E-state index contributed by atoms with van der Waals surface area (Å²) in [7, 11) is 0. The summed E-state index contributed by atoms with van der Waals surface area (Å²) >= 11 is 0. The summed E-state index contributed by atoms with van der Waals surface area (Å²) in [5.74, 6) is 1.53. The number of allylic oxidation sites excluding steroid dienone is 3. The Hall–Kier alpha value is -2.26. The molecule has 3 N–H and O–H groups in total. The molecule has 2 saturated heterocycles. The average Bonchev–Trinajstić information content (AvgIpc) is 3.37. The minimum atomic E-state index is -1.21. The molecule has 1 aliphatic carbocycles. The second kappa shape index (κ2) is 14.4. The number of alkyl halides is 2. The van der Waals surface area contributed by atoms with Crippen molar-refractivity contribution in [3.05, 3.63) is 29.7 Å². The molecule has 2 aliphatic heterocycles. The number of primary amides is 1. The number of halogens is 2. The third kappa shape index (κ3) is 8.61. The first-order valence-corrected chi connectivity index (χ1v) is 14.9. The molecule has 3 atom stereocenters. The predicted octanol–water partition coefficient (Wildman–Crippen LogP) is 5.14. The van der Waals surface area contributed by atoms with Crippen LogP contribution in [0.15, 0.2) is 22.6 Å². The maximum absolute atomic E-state index is 13.7. The van der Waals surface area contributed by atoms with Crippen LogP contribution < -0.4 is 16.0 Å². The molecule has 1 aromatic rings. The number of carbonyl (C=O) groups is 1. The zero-order valence-corrected chi connectivity index (χ0v) is 23.7. The summed E-state index contributed by atoms with van der Waals surface area (Å²) in [6.45, 7) is 9.12. The van der Waals surface area contributed by atoms with Crippen LogP contribution in [0.25, 0.3) is 5.57 Å². The summed E-state index contributed by atoms with van der Waals surface area (Å²) in [6.07, 6.45) is 12.9. The van der Waals surface area contributed by atoms with Crippen molar-refractivity contribution in [3.8, 4) is 0 Å². The number of nitrogens with two attached hydrogens (primary N) is 1. The summed E-state index contributed by atoms with van der Waals surface area (Å²) in [6, 6.07) is 0.859. The zero-order valence-electron chi connectivity index (χ0n) is 23.7. The molecule has 0 aromatic carbocycles. The minimum absolute atomic E-state index is 0.0594. The molecule has 218 valence electrons. The van der Waals surface area contributed by atoms with E-state index in [2.05, 4.69) is 34.3 Å². The number of piperidine rings is 2. The quantitative estimate of drug-likeness (QED) is 0.353. The summed E-state index contributed by atoms with van der Waals surface area (Å²) in [4.78, 5) is 21.0. The molecular formula is C30H47F2N5O2. The Morgan fingerprint density at radius 2 is 1.95 bits per heavy atom. The summed E-state index contributed by atoms with van der Waals surface area (Å²) in [5, 5.41) is 3.78. The molecule has 9 heteroatoms. The molecule has 0 bridgehead atoms. The van der Waals surface area contributed by atoms with Gasteiger partial charge in [-0.05, 0) is 107 Å². The van der Waals surface area contributed by atoms with Crippen LogP contribution in [-0.2, 0) is 0 Å². The first kappa shape index (κ1) is 29.7. The van der Waals surface area contributed by atoms with Gasteiger partial charge in [-0.25, -0.2) is 8.78 Å². The number of amides is 1. The van der Waals surface area contributed by atoms with E-state index in [0.717, 1.165) is 50.9 Å². The molecule has 0 spiro atoms. The number of likely N-dealkylation sites (tertiary alicyclic amines) is 1. The number of rotatable bonds is 12. The van der Waals surface area contributed by atoms with Crippen LogP contribution >= 0.6 is 0 Å². The van der Waals surface area contributed by atoms with Gasteiger partial charge in [0.25, 0.3) is 11.9 Å². The number of oxazole rings is 1. The Labute approximate surface area is 232 Å². The van der Waals surface area contributed by atoms with Crippen molar-refractivity contribution in [1.82, 2.24) is 15.2 Å². The Morgan fingerprint density at radius 1 is 1.23 bits per heavy atom. The number of nitrogens with zero attached hydrogens (tertiary/aromatic N) is 3. The number of hydrogen-bond acceptors (Lipinski definition) is 6. The van der Waals surface area contributed by atoms with Gasteiger partial charge in [0.05, 0.1) is 0 Å². The highest BCUT2D eigenvalue weighted by Crippen LogP contribution is 2.32. The fraction of sp³-hybridized carbons (Fsp3) is 0.733. The second-order valence-corrected chi connectivity index (χ2v) is 11.9. The van der Waals surface area contributed by atoms with E-state index in [9.17, 15) is 13.6 Å². The molecule has 1 aromatic heterocycles. The Bertz CT molecular complexity index is 978. The third-order valence-electron chi connectivity index (χ3n) is 8.64. The average molecular weight is 548 g/mol. The van der Waals surface area contributed by atoms with Gasteiger partial charge in [0.2, 0.25) is 0 Å². The number of anilines is 1. The van der Waals surface area contributed by atoms with E-state index in [1.807, 2.05) is 4.90 Å². The first-order valence-electron chi connectivity index (χ1n) is 14.9. The zero-order chi connectivity index (χ0) is 27.8. The van der Waals surface area contributed by atoms with Crippen molar-refractivity contribution in [3.63, 3.8) is 0 Å². The first-order chi connectivity index (χ1) is 18.8. The number of aromatic nitrogens is 1. The SMILES string of the molecule is CC(F)C/C(=C\CF)c1oc(N2CCC(CCN3CCC(CNC4C=CCC(C)C4)CC3)CC2)nc1C(N)=O. The Kier molecular flexibility index (Phi) is 11.0. The molecule has 39 heavy (non-hydrogen) atoms. The van der Waals surface area contributed by atoms with Crippen molar-refractivity contribution >= 4 is 17.5 Å². The maximum Gasteiger partial charge on any atom is 0.298 e. The predicted molar refractivity (Wildman–Crippen MR) is 152 cm³/mol. The summed E-state index contributed by atoms with van der Waals surface area (Å²) in [5.41, 5.74) is 5.74. The fourth-order valence-electron chi connectivity index (χ4n) is 6.24. The van der Waals surface area contributed by atoms with Crippen LogP contribution in [-0.4, -0.2) is 73.9 Å². The maximum atomic E-state index is 13.7. The smallest absolute Gasteiger partial charge is 0.298 e. The largest absolute Gasteiger partial charge is 0.423 e. The molecule has 0 radical (unpaired) electrons. The number of hydrogen-bond donors (Lipinski definition) is 2. The van der Waals surface area contributed by atoms with E-state index >= 15 is 0 Å². The van der Waals surface area contributed by atoms with Crippen molar-refractivity contribution in [2.45, 2.75) is 77.4 Å². The van der Waals surface area contributed by atoms with Gasteiger partial charge >= 0.3 is 0 Å². The van der Waals surface area contributed by atoms with Crippen LogP contribution in [0.5, 0.6) is 0 Å². The van der Waals surface area contributed by atoms with Gasteiger partial charge in [-0.2, -0.15) is 4.98 Å². The van der Waals surface area contributed by atoms with Gasteiger partial charge in [-0.15, -0.1) is 0 Å². The lowest BCUT2D eigenvalue weighted by molar-refractivity contribution is 0.0995. The van der Waals surface area contributed by atoms with E-state index < -0.39 is 18.8 Å². The lowest BCUT2D eigenvalue weighted by Gasteiger charge is -2.35. The molecule has 3 aliphatic rings. The normalized spacial score (nSPS) is 24.8. The lowest BCUT2D eigenvalue weighted by atomic mass is 9.91. The highest BCUT2D eigenvalue weighted by atomic mass is 19.1. The second-order valence-electron chi connectivity index (χ2n) is 11.9. The van der Waals surface area contributed by atoms with Crippen molar-refractivity contribution < 1.29 is 18.0 Å². The molecule has 3 heterocycles. The summed E-state index contributed by atoms with van der Waals surface area (Å²) < 4.78 is 32.6. The highest BCUT2D eigenvalue weighted by Gasteiger charge is 2.28. The monoisotopic (exact) mass is 547 g/mol. The highest BCUT2D eigenvalue weighted by molar-refractivity contribution is 5.95. The molecule has 0 saturated carbocycles. The van der Waals surface area contributed by atoms with Crippen molar-refractivity contribution in [1.29, 1.82) is 0 Å². The van der Waals surface area contributed by atoms with Crippen LogP contribution in [0.2, 0.25) is 0 Å². The topological polar surface area (TPSA) is 87.6 Å². The van der Waals surface area contributed by atoms with Crippen LogP contribution in [0.3, 0.4) is 0 Å². The Morgan fingerprint density at radius 3 is 2.59 bits per heavy atom.